The van der Waals surface area contributed by atoms with Gasteiger partial charge in [-0.05, 0) is 112 Å². The summed E-state index contributed by atoms with van der Waals surface area (Å²) in [6, 6.07) is 60.1. The Hall–Kier alpha value is -6.12. The van der Waals surface area contributed by atoms with Crippen LogP contribution in [0.5, 0.6) is 0 Å². The molecule has 0 saturated carbocycles. The van der Waals surface area contributed by atoms with Crippen LogP contribution in [0.1, 0.15) is 11.3 Å². The lowest BCUT2D eigenvalue weighted by atomic mass is 9.87. The predicted molar refractivity (Wildman–Crippen MR) is 201 cm³/mol. The lowest BCUT2D eigenvalue weighted by Gasteiger charge is -2.19. The van der Waals surface area contributed by atoms with Crippen LogP contribution in [0.2, 0.25) is 0 Å². The Kier molecular flexibility index (Phi) is 6.04. The highest BCUT2D eigenvalue weighted by molar-refractivity contribution is 6.03. The molecule has 226 valence electrons. The predicted octanol–water partition coefficient (Wildman–Crippen LogP) is 11.8. The van der Waals surface area contributed by atoms with E-state index in [2.05, 4.69) is 179 Å². The lowest BCUT2D eigenvalue weighted by molar-refractivity contribution is 0.866. The second-order valence-corrected chi connectivity index (χ2v) is 12.9. The van der Waals surface area contributed by atoms with E-state index >= 15 is 0 Å². The quantitative estimate of drug-likeness (QED) is 0.187. The molecule has 2 heterocycles. The third kappa shape index (κ3) is 4.27. The van der Waals surface area contributed by atoms with Gasteiger partial charge in [0.25, 0.3) is 0 Å². The molecular weight excluding hydrogens is 581 g/mol. The van der Waals surface area contributed by atoms with Gasteiger partial charge >= 0.3 is 0 Å². The summed E-state index contributed by atoms with van der Waals surface area (Å²) in [6.07, 6.45) is 4.27. The number of rotatable bonds is 4. The van der Waals surface area contributed by atoms with E-state index in [9.17, 15) is 0 Å². The Labute approximate surface area is 279 Å². The minimum absolute atomic E-state index is 1.02. The Morgan fingerprint density at radius 3 is 1.98 bits per heavy atom. The summed E-state index contributed by atoms with van der Waals surface area (Å²) in [7, 11) is 0. The third-order valence-corrected chi connectivity index (χ3v) is 10.3. The molecule has 0 saturated heterocycles. The standard InChI is InChI=1S/C46H32N2/c1-2-8-31(9-3-1)33-14-20-39(21-15-33)47-27-26-38-28-36(18-23-43(38)47)37-19-24-44-42(30-37)46-41-13-7-6-11-34(41)17-25-45(46)48(44)40-22-16-32-10-4-5-12-35(32)29-40/h1-16,18-24,26-30H,17,25H2. The summed E-state index contributed by atoms with van der Waals surface area (Å²) in [6.45, 7) is 0. The Morgan fingerprint density at radius 2 is 1.10 bits per heavy atom. The first-order valence-corrected chi connectivity index (χ1v) is 16.8. The number of hydrogen-bond donors (Lipinski definition) is 0. The zero-order valence-corrected chi connectivity index (χ0v) is 26.5. The SMILES string of the molecule is c1ccc(-c2ccc(-n3ccc4cc(-c5ccc6c(c5)c5c(n6-c6ccc7ccccc7c6)CCc6ccccc6-5)ccc43)cc2)cc1. The van der Waals surface area contributed by atoms with Gasteiger partial charge in [-0.25, -0.2) is 0 Å². The molecule has 10 rings (SSSR count). The van der Waals surface area contributed by atoms with Crippen molar-refractivity contribution in [2.75, 3.05) is 0 Å². The number of hydrogen-bond acceptors (Lipinski definition) is 0. The van der Waals surface area contributed by atoms with Crippen LogP contribution in [0, 0.1) is 0 Å². The van der Waals surface area contributed by atoms with Crippen molar-refractivity contribution < 1.29 is 0 Å². The topological polar surface area (TPSA) is 9.86 Å². The monoisotopic (exact) mass is 612 g/mol. The van der Waals surface area contributed by atoms with Gasteiger partial charge in [-0.2, -0.15) is 0 Å². The van der Waals surface area contributed by atoms with Crippen LogP contribution in [0.3, 0.4) is 0 Å². The summed E-state index contributed by atoms with van der Waals surface area (Å²) in [5.74, 6) is 0. The van der Waals surface area contributed by atoms with Gasteiger partial charge < -0.3 is 9.13 Å². The van der Waals surface area contributed by atoms with E-state index in [1.165, 1.54) is 88.6 Å². The molecule has 0 atom stereocenters. The van der Waals surface area contributed by atoms with Crippen molar-refractivity contribution in [1.82, 2.24) is 9.13 Å². The average Bonchev–Trinajstić information content (AvgIpc) is 3.74. The van der Waals surface area contributed by atoms with Crippen molar-refractivity contribution in [2.24, 2.45) is 0 Å². The lowest BCUT2D eigenvalue weighted by Crippen LogP contribution is -2.08. The van der Waals surface area contributed by atoms with Crippen molar-refractivity contribution in [2.45, 2.75) is 12.8 Å². The second kappa shape index (κ2) is 10.7. The van der Waals surface area contributed by atoms with Gasteiger partial charge in [-0.15, -0.1) is 0 Å². The minimum Gasteiger partial charge on any atom is -0.317 e. The molecule has 0 amide bonds. The molecule has 1 aliphatic carbocycles. The van der Waals surface area contributed by atoms with E-state index in [0.29, 0.717) is 0 Å². The number of fused-ring (bicyclic) bond motifs is 7. The van der Waals surface area contributed by atoms with Crippen LogP contribution >= 0.6 is 0 Å². The number of aryl methyl sites for hydroxylation is 1. The van der Waals surface area contributed by atoms with Gasteiger partial charge in [0.05, 0.1) is 11.0 Å². The Bertz CT molecular complexity index is 2650. The maximum absolute atomic E-state index is 2.52. The fraction of sp³-hybridized carbons (Fsp3) is 0.0435. The van der Waals surface area contributed by atoms with Gasteiger partial charge in [0.15, 0.2) is 0 Å². The van der Waals surface area contributed by atoms with Gasteiger partial charge in [-0.3, -0.25) is 0 Å². The first-order valence-electron chi connectivity index (χ1n) is 16.8. The zero-order valence-electron chi connectivity index (χ0n) is 26.5. The largest absolute Gasteiger partial charge is 0.317 e. The highest BCUT2D eigenvalue weighted by Gasteiger charge is 2.25. The van der Waals surface area contributed by atoms with Gasteiger partial charge in [-0.1, -0.05) is 109 Å². The van der Waals surface area contributed by atoms with Crippen molar-refractivity contribution in [3.63, 3.8) is 0 Å². The Morgan fingerprint density at radius 1 is 0.417 bits per heavy atom. The Balaban J connectivity index is 1.09. The normalized spacial score (nSPS) is 12.4. The summed E-state index contributed by atoms with van der Waals surface area (Å²) in [5.41, 5.74) is 15.4. The van der Waals surface area contributed by atoms with E-state index in [4.69, 9.17) is 0 Å². The van der Waals surface area contributed by atoms with E-state index in [-0.39, 0.29) is 0 Å². The van der Waals surface area contributed by atoms with Crippen molar-refractivity contribution in [3.8, 4) is 44.8 Å². The molecule has 48 heavy (non-hydrogen) atoms. The molecule has 2 nitrogen and oxygen atoms in total. The summed E-state index contributed by atoms with van der Waals surface area (Å²) in [4.78, 5) is 0. The van der Waals surface area contributed by atoms with Crippen LogP contribution in [-0.2, 0) is 12.8 Å². The van der Waals surface area contributed by atoms with E-state index in [1.807, 2.05) is 0 Å². The molecule has 2 heteroatoms. The fourth-order valence-corrected chi connectivity index (χ4v) is 7.90. The van der Waals surface area contributed by atoms with E-state index in [1.54, 1.807) is 0 Å². The molecule has 0 N–H and O–H groups in total. The molecule has 0 bridgehead atoms. The molecule has 0 spiro atoms. The van der Waals surface area contributed by atoms with E-state index in [0.717, 1.165) is 12.8 Å². The van der Waals surface area contributed by atoms with Crippen LogP contribution in [0.4, 0.5) is 0 Å². The molecular formula is C46H32N2. The molecule has 9 aromatic rings. The maximum atomic E-state index is 2.52. The third-order valence-electron chi connectivity index (χ3n) is 10.3. The zero-order chi connectivity index (χ0) is 31.6. The van der Waals surface area contributed by atoms with Gasteiger partial charge in [0.2, 0.25) is 0 Å². The average molecular weight is 613 g/mol. The summed E-state index contributed by atoms with van der Waals surface area (Å²) in [5, 5.41) is 5.10. The first-order chi connectivity index (χ1) is 23.8. The molecule has 0 unspecified atom stereocenters. The van der Waals surface area contributed by atoms with Crippen LogP contribution in [-0.4, -0.2) is 9.13 Å². The highest BCUT2D eigenvalue weighted by Crippen LogP contribution is 2.44. The van der Waals surface area contributed by atoms with E-state index < -0.39 is 0 Å². The second-order valence-electron chi connectivity index (χ2n) is 12.9. The maximum Gasteiger partial charge on any atom is 0.0538 e. The van der Waals surface area contributed by atoms with Crippen LogP contribution < -0.4 is 0 Å². The molecule has 0 fully saturated rings. The first kappa shape index (κ1) is 27.0. The van der Waals surface area contributed by atoms with Gasteiger partial charge in [0, 0.05) is 39.6 Å². The van der Waals surface area contributed by atoms with Crippen molar-refractivity contribution in [1.29, 1.82) is 0 Å². The summed E-state index contributed by atoms with van der Waals surface area (Å²) >= 11 is 0. The van der Waals surface area contributed by atoms with Crippen molar-refractivity contribution >= 4 is 32.6 Å². The molecule has 2 aromatic heterocycles. The molecule has 0 aliphatic heterocycles. The fourth-order valence-electron chi connectivity index (χ4n) is 7.90. The number of nitrogens with zero attached hydrogens (tertiary/aromatic N) is 2. The van der Waals surface area contributed by atoms with Crippen molar-refractivity contribution in [3.05, 3.63) is 181 Å². The number of aromatic nitrogens is 2. The molecule has 7 aromatic carbocycles. The van der Waals surface area contributed by atoms with Crippen LogP contribution in [0.15, 0.2) is 170 Å². The van der Waals surface area contributed by atoms with Gasteiger partial charge in [0.1, 0.15) is 0 Å². The number of benzene rings is 7. The molecule has 1 aliphatic rings. The minimum atomic E-state index is 1.02. The highest BCUT2D eigenvalue weighted by atomic mass is 15.0. The smallest absolute Gasteiger partial charge is 0.0538 e. The van der Waals surface area contributed by atoms with Crippen LogP contribution in [0.25, 0.3) is 77.3 Å². The summed E-state index contributed by atoms with van der Waals surface area (Å²) < 4.78 is 4.80. The molecule has 0 radical (unpaired) electrons.